The van der Waals surface area contributed by atoms with Crippen molar-refractivity contribution in [2.24, 2.45) is 0 Å². The second-order valence-electron chi connectivity index (χ2n) is 5.55. The monoisotopic (exact) mass is 347 g/mol. The van der Waals surface area contributed by atoms with Crippen LogP contribution in [0.1, 0.15) is 0 Å². The molecule has 2 N–H and O–H groups in total. The minimum Gasteiger partial charge on any atom is -0.308 e. The Morgan fingerprint density at radius 3 is 2.50 bits per heavy atom. The summed E-state index contributed by atoms with van der Waals surface area (Å²) in [6, 6.07) is 16.4. The van der Waals surface area contributed by atoms with E-state index in [1.165, 1.54) is 12.1 Å². The van der Waals surface area contributed by atoms with Crippen molar-refractivity contribution >= 4 is 23.3 Å². The van der Waals surface area contributed by atoms with Crippen molar-refractivity contribution in [1.29, 1.82) is 0 Å². The number of hydrogen-bond acceptors (Lipinski definition) is 3. The average Bonchev–Trinajstić information content (AvgIpc) is 3.01. The van der Waals surface area contributed by atoms with Crippen LogP contribution < -0.4 is 10.6 Å². The van der Waals surface area contributed by atoms with E-state index in [2.05, 4.69) is 20.6 Å². The number of halogens is 1. The minimum absolute atomic E-state index is 0.336. The van der Waals surface area contributed by atoms with Gasteiger partial charge in [0, 0.05) is 23.6 Å². The maximum absolute atomic E-state index is 13.3. The van der Waals surface area contributed by atoms with Gasteiger partial charge in [0.05, 0.1) is 5.69 Å². The lowest BCUT2D eigenvalue weighted by Crippen LogP contribution is -2.20. The quantitative estimate of drug-likeness (QED) is 0.584. The molecule has 2 heterocycles. The first kappa shape index (κ1) is 15.8. The first-order chi connectivity index (χ1) is 12.7. The van der Waals surface area contributed by atoms with Gasteiger partial charge in [0.25, 0.3) is 0 Å². The topological polar surface area (TPSA) is 71.3 Å². The highest BCUT2D eigenvalue weighted by atomic mass is 19.1. The maximum Gasteiger partial charge on any atom is 0.324 e. The zero-order valence-corrected chi connectivity index (χ0v) is 13.6. The second-order valence-corrected chi connectivity index (χ2v) is 5.55. The number of anilines is 2. The molecule has 0 saturated carbocycles. The van der Waals surface area contributed by atoms with E-state index in [4.69, 9.17) is 0 Å². The maximum atomic E-state index is 13.3. The van der Waals surface area contributed by atoms with Gasteiger partial charge in [-0.1, -0.05) is 18.2 Å². The summed E-state index contributed by atoms with van der Waals surface area (Å²) in [7, 11) is 0. The minimum atomic E-state index is -0.428. The van der Waals surface area contributed by atoms with Gasteiger partial charge in [-0.3, -0.25) is 9.72 Å². The van der Waals surface area contributed by atoms with Gasteiger partial charge in [-0.05, 0) is 42.5 Å². The van der Waals surface area contributed by atoms with E-state index in [1.54, 1.807) is 47.1 Å². The number of benzene rings is 2. The smallest absolute Gasteiger partial charge is 0.308 e. The molecule has 0 fully saturated rings. The number of carbonyl (C=O) groups excluding carboxylic acids is 1. The molecule has 2 aromatic heterocycles. The van der Waals surface area contributed by atoms with Crippen molar-refractivity contribution in [2.75, 3.05) is 10.6 Å². The summed E-state index contributed by atoms with van der Waals surface area (Å²) in [6.45, 7) is 0. The van der Waals surface area contributed by atoms with E-state index in [-0.39, 0.29) is 5.82 Å². The Bertz CT molecular complexity index is 1060. The van der Waals surface area contributed by atoms with E-state index in [9.17, 15) is 9.18 Å². The number of aromatic nitrogens is 3. The molecule has 0 aliphatic rings. The molecule has 0 atom stereocenters. The highest BCUT2D eigenvalue weighted by Crippen LogP contribution is 2.28. The first-order valence-electron chi connectivity index (χ1n) is 7.93. The van der Waals surface area contributed by atoms with E-state index >= 15 is 0 Å². The van der Waals surface area contributed by atoms with Crippen LogP contribution in [0.4, 0.5) is 20.7 Å². The summed E-state index contributed by atoms with van der Waals surface area (Å²) >= 11 is 0. The Morgan fingerprint density at radius 2 is 1.73 bits per heavy atom. The van der Waals surface area contributed by atoms with Gasteiger partial charge in [-0.25, -0.2) is 14.2 Å². The normalized spacial score (nSPS) is 10.7. The fourth-order valence-electron chi connectivity index (χ4n) is 2.65. The number of carbonyl (C=O) groups is 1. The summed E-state index contributed by atoms with van der Waals surface area (Å²) in [5.74, 6) is 0.433. The molecule has 0 bridgehead atoms. The summed E-state index contributed by atoms with van der Waals surface area (Å²) in [4.78, 5) is 20.9. The molecule has 4 rings (SSSR count). The van der Waals surface area contributed by atoms with Crippen molar-refractivity contribution in [3.8, 4) is 11.3 Å². The molecule has 128 valence electrons. The van der Waals surface area contributed by atoms with Gasteiger partial charge in [0.15, 0.2) is 5.82 Å². The van der Waals surface area contributed by atoms with E-state index in [0.717, 1.165) is 0 Å². The van der Waals surface area contributed by atoms with Crippen molar-refractivity contribution < 1.29 is 9.18 Å². The fourth-order valence-corrected chi connectivity index (χ4v) is 2.65. The number of rotatable bonds is 3. The lowest BCUT2D eigenvalue weighted by Gasteiger charge is -2.08. The molecule has 6 nitrogen and oxygen atoms in total. The standard InChI is InChI=1S/C19H14FN5O/c20-14-9-7-13(8-10-14)16-17(23-18-21-11-4-12-25(16)18)24-19(26)22-15-5-2-1-3-6-15/h1-12H,(H2,22,24,26). The third-order valence-electron chi connectivity index (χ3n) is 3.78. The Balaban J connectivity index is 1.71. The van der Waals surface area contributed by atoms with E-state index in [1.807, 2.05) is 18.2 Å². The number of amides is 2. The highest BCUT2D eigenvalue weighted by molar-refractivity contribution is 6.01. The molecule has 4 aromatic rings. The lowest BCUT2D eigenvalue weighted by atomic mass is 10.1. The summed E-state index contributed by atoms with van der Waals surface area (Å²) in [5.41, 5.74) is 1.99. The van der Waals surface area contributed by atoms with Gasteiger partial charge in [0.2, 0.25) is 5.78 Å². The van der Waals surface area contributed by atoms with Crippen LogP contribution in [-0.2, 0) is 0 Å². The number of urea groups is 1. The molecule has 0 saturated heterocycles. The lowest BCUT2D eigenvalue weighted by molar-refractivity contribution is 0.262. The molecular formula is C19H14FN5O. The van der Waals surface area contributed by atoms with Crippen molar-refractivity contribution in [3.05, 3.63) is 78.9 Å². The largest absolute Gasteiger partial charge is 0.324 e. The van der Waals surface area contributed by atoms with Gasteiger partial charge in [-0.15, -0.1) is 0 Å². The van der Waals surface area contributed by atoms with Gasteiger partial charge in [-0.2, -0.15) is 4.98 Å². The number of fused-ring (bicyclic) bond motifs is 1. The fraction of sp³-hybridized carbons (Fsp3) is 0. The van der Waals surface area contributed by atoms with Crippen LogP contribution in [0, 0.1) is 5.82 Å². The van der Waals surface area contributed by atoms with Gasteiger partial charge < -0.3 is 5.32 Å². The first-order valence-corrected chi connectivity index (χ1v) is 7.93. The second kappa shape index (κ2) is 6.64. The average molecular weight is 347 g/mol. The van der Waals surface area contributed by atoms with Crippen molar-refractivity contribution in [2.45, 2.75) is 0 Å². The van der Waals surface area contributed by atoms with Crippen LogP contribution in [-0.4, -0.2) is 20.4 Å². The molecule has 0 radical (unpaired) electrons. The Hall–Kier alpha value is -3.74. The predicted octanol–water partition coefficient (Wildman–Crippen LogP) is 4.18. The third kappa shape index (κ3) is 3.10. The Labute approximate surface area is 148 Å². The summed E-state index contributed by atoms with van der Waals surface area (Å²) in [5, 5.41) is 5.49. The zero-order valence-electron chi connectivity index (χ0n) is 13.6. The summed E-state index contributed by atoms with van der Waals surface area (Å²) in [6.07, 6.45) is 3.40. The number of hydrogen-bond donors (Lipinski definition) is 2. The van der Waals surface area contributed by atoms with Crippen molar-refractivity contribution in [3.63, 3.8) is 0 Å². The molecular weight excluding hydrogens is 333 g/mol. The Kier molecular flexibility index (Phi) is 4.03. The van der Waals surface area contributed by atoms with Crippen LogP contribution >= 0.6 is 0 Å². The highest BCUT2D eigenvalue weighted by Gasteiger charge is 2.17. The molecule has 7 heteroatoms. The molecule has 0 aliphatic heterocycles. The molecule has 26 heavy (non-hydrogen) atoms. The molecule has 0 spiro atoms. The Morgan fingerprint density at radius 1 is 0.962 bits per heavy atom. The molecule has 0 unspecified atom stereocenters. The van der Waals surface area contributed by atoms with E-state index < -0.39 is 6.03 Å². The summed E-state index contributed by atoms with van der Waals surface area (Å²) < 4.78 is 15.0. The van der Waals surface area contributed by atoms with Gasteiger partial charge in [0.1, 0.15) is 5.82 Å². The number of nitrogens with one attached hydrogen (secondary N) is 2. The SMILES string of the molecule is O=C(Nc1ccccc1)Nc1nc2ncccn2c1-c1ccc(F)cc1. The van der Waals surface area contributed by atoms with Crippen molar-refractivity contribution in [1.82, 2.24) is 14.4 Å². The van der Waals surface area contributed by atoms with Crippen LogP contribution in [0.25, 0.3) is 17.0 Å². The van der Waals surface area contributed by atoms with Gasteiger partial charge >= 0.3 is 6.03 Å². The molecule has 2 aromatic carbocycles. The molecule has 0 aliphatic carbocycles. The van der Waals surface area contributed by atoms with E-state index in [0.29, 0.717) is 28.5 Å². The number of imidazole rings is 1. The number of nitrogens with zero attached hydrogens (tertiary/aromatic N) is 3. The van der Waals surface area contributed by atoms with Crippen LogP contribution in [0.15, 0.2) is 73.1 Å². The van der Waals surface area contributed by atoms with Crippen LogP contribution in [0.2, 0.25) is 0 Å². The number of para-hydroxylation sites is 1. The third-order valence-corrected chi connectivity index (χ3v) is 3.78. The van der Waals surface area contributed by atoms with Crippen LogP contribution in [0.5, 0.6) is 0 Å². The predicted molar refractivity (Wildman–Crippen MR) is 97.5 cm³/mol. The molecule has 2 amide bonds. The van der Waals surface area contributed by atoms with Crippen LogP contribution in [0.3, 0.4) is 0 Å². The zero-order chi connectivity index (χ0) is 17.9.